The van der Waals surface area contributed by atoms with Gasteiger partial charge in [0.25, 0.3) is 0 Å². The molecule has 0 heterocycles. The molecule has 0 aromatic carbocycles. The van der Waals surface area contributed by atoms with Crippen LogP contribution in [0.1, 0.15) is 41.5 Å². The fourth-order valence-electron chi connectivity index (χ4n) is 0. The summed E-state index contributed by atoms with van der Waals surface area (Å²) in [6, 6.07) is 0. The molecule has 141 valence electrons. The van der Waals surface area contributed by atoms with Gasteiger partial charge in [0, 0.05) is 62.5 Å². The van der Waals surface area contributed by atoms with E-state index in [0.717, 1.165) is 0 Å². The summed E-state index contributed by atoms with van der Waals surface area (Å²) in [6.07, 6.45) is -0.616. The minimum absolute atomic E-state index is 0. The van der Waals surface area contributed by atoms with Crippen LogP contribution in [0.25, 0.3) is 0 Å². The molecule has 1 radical (unpaired) electrons. The van der Waals surface area contributed by atoms with Crippen molar-refractivity contribution in [3.05, 3.63) is 0 Å². The van der Waals surface area contributed by atoms with Gasteiger partial charge in [0.2, 0.25) is 0 Å². The summed E-state index contributed by atoms with van der Waals surface area (Å²) in [5.74, 6) is 0. The number of ether oxygens (including phenoxy) is 1. The van der Waals surface area contributed by atoms with Crippen molar-refractivity contribution >= 4 is 45.5 Å². The Morgan fingerprint density at radius 3 is 0.727 bits per heavy atom. The third-order valence-electron chi connectivity index (χ3n) is 0.341. The van der Waals surface area contributed by atoms with Crippen LogP contribution in [0.15, 0.2) is 0 Å². The maximum absolute atomic E-state index is 8.14. The Morgan fingerprint density at radius 1 is 0.682 bits per heavy atom. The second-order valence-electron chi connectivity index (χ2n) is 2.42. The molecule has 0 aliphatic carbocycles. The minimum atomic E-state index is -0.616. The van der Waals surface area contributed by atoms with Gasteiger partial charge in [0.05, 0.1) is 0 Å². The Balaban J connectivity index is -0.0000000178. The number of aliphatic hydroxyl groups excluding tert-OH is 6. The summed E-state index contributed by atoms with van der Waals surface area (Å²) >= 11 is 0. The second kappa shape index (κ2) is 92.3. The smallest absolute Gasteiger partial charge is 0 e. The molecule has 0 rings (SSSR count). The number of hydrogen-bond acceptors (Lipinski definition) is 7. The molecule has 6 N–H and O–H groups in total. The molecular formula is C13H40O7SrTa. The van der Waals surface area contributed by atoms with Crippen LogP contribution in [0.3, 0.4) is 0 Å². The van der Waals surface area contributed by atoms with E-state index in [1.54, 1.807) is 41.5 Å². The third kappa shape index (κ3) is 620. The van der Waals surface area contributed by atoms with Crippen molar-refractivity contribution in [3.8, 4) is 0 Å². The molecule has 22 heavy (non-hydrogen) atoms. The van der Waals surface area contributed by atoms with Crippen molar-refractivity contribution in [2.24, 2.45) is 0 Å². The van der Waals surface area contributed by atoms with E-state index in [4.69, 9.17) is 30.6 Å². The zero-order chi connectivity index (χ0) is 17.8. The van der Waals surface area contributed by atoms with Gasteiger partial charge in [-0.3, -0.25) is 0 Å². The molecule has 1 unspecified atom stereocenters. The summed E-state index contributed by atoms with van der Waals surface area (Å²) in [5.41, 5.74) is 0. The quantitative estimate of drug-likeness (QED) is 0.175. The van der Waals surface area contributed by atoms with Crippen molar-refractivity contribution in [1.82, 2.24) is 0 Å². The average Bonchev–Trinajstić information content (AvgIpc) is 2.34. The molecule has 0 aliphatic heterocycles. The van der Waals surface area contributed by atoms with Gasteiger partial charge in [0.1, 0.15) is 0 Å². The second-order valence-corrected chi connectivity index (χ2v) is 2.42. The van der Waals surface area contributed by atoms with Crippen LogP contribution in [0.5, 0.6) is 0 Å². The molecule has 0 spiro atoms. The third-order valence-corrected chi connectivity index (χ3v) is 0.341. The molecule has 1 atom stereocenters. The van der Waals surface area contributed by atoms with Gasteiger partial charge in [-0.2, -0.15) is 0 Å². The SMILES string of the molecule is CCO.CCO.CCO.CCO.CCO.COC(C)O.[SrH2].[Ta]. The zero-order valence-corrected chi connectivity index (χ0v) is 17.9. The van der Waals surface area contributed by atoms with Crippen molar-refractivity contribution in [2.45, 2.75) is 47.8 Å². The predicted molar refractivity (Wildman–Crippen MR) is 91.0 cm³/mol. The van der Waals surface area contributed by atoms with Crippen molar-refractivity contribution < 1.29 is 57.8 Å². The number of hydrogen-bond donors (Lipinski definition) is 6. The standard InChI is InChI=1S/C3H8O2.5C2H6O.Sr.Ta.2H/c1-3(4)5-2;5*1-2-3;;;;/h3-4H,1-2H3;5*3H,2H2,1H3;;;;. The minimum Gasteiger partial charge on any atom is 0 e. The molecule has 7 nitrogen and oxygen atoms in total. The molecular weight excluding hydrogens is 537 g/mol. The van der Waals surface area contributed by atoms with Crippen LogP contribution in [0.4, 0.5) is 0 Å². The van der Waals surface area contributed by atoms with Gasteiger partial charge in [0.15, 0.2) is 6.29 Å². The molecule has 0 bridgehead atoms. The van der Waals surface area contributed by atoms with E-state index in [1.807, 2.05) is 0 Å². The number of aliphatic hydroxyl groups is 6. The summed E-state index contributed by atoms with van der Waals surface area (Å²) in [7, 11) is 1.45. The van der Waals surface area contributed by atoms with E-state index in [2.05, 4.69) is 4.74 Å². The largest absolute Gasteiger partial charge is 0 e. The Kier molecular flexibility index (Phi) is 208. The fourth-order valence-corrected chi connectivity index (χ4v) is 0. The predicted octanol–water partition coefficient (Wildman–Crippen LogP) is -0.955. The van der Waals surface area contributed by atoms with Gasteiger partial charge in [-0.15, -0.1) is 0 Å². The van der Waals surface area contributed by atoms with E-state index in [-0.39, 0.29) is 101 Å². The average molecular weight is 577 g/mol. The Hall–Kier alpha value is 1.94. The van der Waals surface area contributed by atoms with E-state index >= 15 is 0 Å². The Morgan fingerprint density at radius 2 is 0.727 bits per heavy atom. The maximum Gasteiger partial charge on any atom is 0 e. The first-order valence-corrected chi connectivity index (χ1v) is 6.60. The van der Waals surface area contributed by atoms with Gasteiger partial charge >= 0.3 is 45.5 Å². The molecule has 0 saturated heterocycles. The normalized spacial score (nSPS) is 7.50. The van der Waals surface area contributed by atoms with Crippen LogP contribution >= 0.6 is 0 Å². The van der Waals surface area contributed by atoms with Gasteiger partial charge in [-0.1, -0.05) is 0 Å². The van der Waals surface area contributed by atoms with E-state index < -0.39 is 6.29 Å². The Bertz CT molecular complexity index is 73.8. The zero-order valence-electron chi connectivity index (χ0n) is 14.7. The first-order valence-electron chi connectivity index (χ1n) is 6.60. The topological polar surface area (TPSA) is 131 Å². The van der Waals surface area contributed by atoms with Gasteiger partial charge in [-0.05, 0) is 41.5 Å². The summed E-state index contributed by atoms with van der Waals surface area (Å²) < 4.78 is 4.31. The molecule has 0 aliphatic rings. The number of methoxy groups -OCH3 is 1. The Labute approximate surface area is 189 Å². The van der Waals surface area contributed by atoms with Crippen LogP contribution in [-0.4, -0.2) is 123 Å². The van der Waals surface area contributed by atoms with E-state index in [0.29, 0.717) is 0 Å². The number of rotatable bonds is 1. The summed E-state index contributed by atoms with van der Waals surface area (Å²) in [4.78, 5) is 0. The van der Waals surface area contributed by atoms with Crippen LogP contribution in [-0.2, 0) is 27.1 Å². The molecule has 0 aromatic rings. The van der Waals surface area contributed by atoms with Crippen LogP contribution < -0.4 is 0 Å². The summed E-state index contributed by atoms with van der Waals surface area (Å²) in [6.45, 7) is 11.2. The molecule has 0 amide bonds. The van der Waals surface area contributed by atoms with Gasteiger partial charge in [-0.25, -0.2) is 0 Å². The van der Waals surface area contributed by atoms with Gasteiger partial charge < -0.3 is 35.4 Å². The van der Waals surface area contributed by atoms with Crippen molar-refractivity contribution in [2.75, 3.05) is 40.1 Å². The monoisotopic (exact) mass is 577 g/mol. The van der Waals surface area contributed by atoms with E-state index in [9.17, 15) is 0 Å². The molecule has 0 fully saturated rings. The first-order chi connectivity index (χ1) is 9.34. The van der Waals surface area contributed by atoms with E-state index in [1.165, 1.54) is 7.11 Å². The van der Waals surface area contributed by atoms with Crippen LogP contribution in [0.2, 0.25) is 0 Å². The maximum atomic E-state index is 8.14. The fraction of sp³-hybridized carbons (Fsp3) is 1.00. The summed E-state index contributed by atoms with van der Waals surface area (Å²) in [5, 5.41) is 46.0. The van der Waals surface area contributed by atoms with Crippen molar-refractivity contribution in [3.63, 3.8) is 0 Å². The molecule has 9 heteroatoms. The van der Waals surface area contributed by atoms with Crippen molar-refractivity contribution in [1.29, 1.82) is 0 Å². The molecule has 0 aromatic heterocycles. The first kappa shape index (κ1) is 49.6. The van der Waals surface area contributed by atoms with Crippen LogP contribution in [0, 0.1) is 0 Å². The molecule has 0 saturated carbocycles.